The summed E-state index contributed by atoms with van der Waals surface area (Å²) >= 11 is 6.19. The van der Waals surface area contributed by atoms with E-state index in [0.717, 1.165) is 24.1 Å². The van der Waals surface area contributed by atoms with Crippen LogP contribution in [0, 0.1) is 5.82 Å². The molecule has 0 saturated heterocycles. The molecule has 0 aromatic heterocycles. The fourth-order valence-electron chi connectivity index (χ4n) is 2.74. The molecule has 4 nitrogen and oxygen atoms in total. The standard InChI is InChI=1S/C18H19ClFN3O.HI/c1-24-16-5-3-2-4-15(16)23-17(21)22-11-18(8-9-18)13-7-6-12(20)10-14(13)19;/h2-7,10H,8-9,11H2,1H3,(H3,21,22,23);1H. The quantitative estimate of drug-likeness (QED) is 0.378. The predicted octanol–water partition coefficient (Wildman–Crippen LogP) is 4.56. The van der Waals surface area contributed by atoms with Gasteiger partial charge in [-0.1, -0.05) is 29.8 Å². The van der Waals surface area contributed by atoms with Crippen molar-refractivity contribution < 1.29 is 9.13 Å². The Kier molecular flexibility index (Phi) is 6.51. The second-order valence-corrected chi connectivity index (χ2v) is 6.34. The van der Waals surface area contributed by atoms with Gasteiger partial charge in [-0.25, -0.2) is 4.39 Å². The lowest BCUT2D eigenvalue weighted by atomic mass is 9.96. The molecule has 1 saturated carbocycles. The first kappa shape index (κ1) is 19.8. The molecule has 0 spiro atoms. The molecule has 2 aromatic rings. The smallest absolute Gasteiger partial charge is 0.193 e. The highest BCUT2D eigenvalue weighted by Gasteiger charge is 2.45. The summed E-state index contributed by atoms with van der Waals surface area (Å²) in [4.78, 5) is 4.44. The molecule has 0 amide bonds. The third kappa shape index (κ3) is 4.55. The van der Waals surface area contributed by atoms with Crippen LogP contribution >= 0.6 is 35.6 Å². The Bertz CT molecular complexity index is 781. The second-order valence-electron chi connectivity index (χ2n) is 5.93. The van der Waals surface area contributed by atoms with E-state index in [1.165, 1.54) is 12.1 Å². The van der Waals surface area contributed by atoms with E-state index >= 15 is 0 Å². The van der Waals surface area contributed by atoms with Gasteiger partial charge in [-0.3, -0.25) is 4.99 Å². The molecule has 1 fully saturated rings. The van der Waals surface area contributed by atoms with Crippen LogP contribution in [0.15, 0.2) is 47.5 Å². The number of guanidine groups is 1. The molecule has 3 rings (SSSR count). The molecule has 134 valence electrons. The maximum absolute atomic E-state index is 13.2. The number of rotatable bonds is 5. The Morgan fingerprint density at radius 1 is 1.32 bits per heavy atom. The van der Waals surface area contributed by atoms with Gasteiger partial charge in [0.15, 0.2) is 5.96 Å². The zero-order chi connectivity index (χ0) is 17.2. The number of nitrogens with zero attached hydrogens (tertiary/aromatic N) is 1. The molecule has 1 aliphatic carbocycles. The number of nitrogens with two attached hydrogens (primary N) is 1. The summed E-state index contributed by atoms with van der Waals surface area (Å²) in [6.07, 6.45) is 1.92. The van der Waals surface area contributed by atoms with Crippen LogP contribution in [0.3, 0.4) is 0 Å². The lowest BCUT2D eigenvalue weighted by Crippen LogP contribution is -2.25. The fraction of sp³-hybridized carbons (Fsp3) is 0.278. The highest BCUT2D eigenvalue weighted by Crippen LogP contribution is 2.50. The van der Waals surface area contributed by atoms with E-state index in [2.05, 4.69) is 10.3 Å². The highest BCUT2D eigenvalue weighted by molar-refractivity contribution is 14.0. The van der Waals surface area contributed by atoms with Crippen molar-refractivity contribution >= 4 is 47.2 Å². The largest absolute Gasteiger partial charge is 0.495 e. The Labute approximate surface area is 168 Å². The molecule has 0 bridgehead atoms. The summed E-state index contributed by atoms with van der Waals surface area (Å²) in [5.41, 5.74) is 7.54. The van der Waals surface area contributed by atoms with Crippen molar-refractivity contribution in [1.82, 2.24) is 0 Å². The Balaban J connectivity index is 0.00000225. The van der Waals surface area contributed by atoms with Crippen LogP contribution in [0.5, 0.6) is 5.75 Å². The number of benzene rings is 2. The van der Waals surface area contributed by atoms with Crippen molar-refractivity contribution in [3.05, 3.63) is 58.9 Å². The average Bonchev–Trinajstić information content (AvgIpc) is 3.34. The van der Waals surface area contributed by atoms with Crippen molar-refractivity contribution in [1.29, 1.82) is 0 Å². The van der Waals surface area contributed by atoms with Crippen LogP contribution in [0.2, 0.25) is 5.02 Å². The van der Waals surface area contributed by atoms with Crippen LogP contribution in [0.4, 0.5) is 10.1 Å². The van der Waals surface area contributed by atoms with E-state index in [9.17, 15) is 4.39 Å². The number of hydrogen-bond donors (Lipinski definition) is 2. The number of aliphatic imine (C=N–C) groups is 1. The normalized spacial score (nSPS) is 15.2. The van der Waals surface area contributed by atoms with Crippen molar-refractivity contribution in [2.45, 2.75) is 18.3 Å². The van der Waals surface area contributed by atoms with E-state index in [-0.39, 0.29) is 35.2 Å². The van der Waals surface area contributed by atoms with Crippen LogP contribution < -0.4 is 15.8 Å². The zero-order valence-electron chi connectivity index (χ0n) is 13.8. The topological polar surface area (TPSA) is 59.6 Å². The van der Waals surface area contributed by atoms with Crippen LogP contribution in [0.25, 0.3) is 0 Å². The monoisotopic (exact) mass is 475 g/mol. The summed E-state index contributed by atoms with van der Waals surface area (Å²) in [6.45, 7) is 0.506. The van der Waals surface area contributed by atoms with Gasteiger partial charge in [0.1, 0.15) is 11.6 Å². The van der Waals surface area contributed by atoms with Crippen LogP contribution in [-0.2, 0) is 5.41 Å². The van der Waals surface area contributed by atoms with E-state index in [1.54, 1.807) is 13.2 Å². The van der Waals surface area contributed by atoms with Crippen molar-refractivity contribution in [3.63, 3.8) is 0 Å². The first-order chi connectivity index (χ1) is 11.5. The van der Waals surface area contributed by atoms with Gasteiger partial charge in [-0.2, -0.15) is 0 Å². The summed E-state index contributed by atoms with van der Waals surface area (Å²) < 4.78 is 18.5. The molecule has 7 heteroatoms. The number of anilines is 1. The number of para-hydroxylation sites is 2. The van der Waals surface area contributed by atoms with E-state index in [1.807, 2.05) is 24.3 Å². The van der Waals surface area contributed by atoms with E-state index in [0.29, 0.717) is 23.3 Å². The average molecular weight is 476 g/mol. The van der Waals surface area contributed by atoms with E-state index < -0.39 is 0 Å². The lowest BCUT2D eigenvalue weighted by molar-refractivity contribution is 0.417. The summed E-state index contributed by atoms with van der Waals surface area (Å²) in [7, 11) is 1.60. The second kappa shape index (κ2) is 8.23. The molecule has 25 heavy (non-hydrogen) atoms. The van der Waals surface area contributed by atoms with Gasteiger partial charge in [-0.05, 0) is 42.7 Å². The van der Waals surface area contributed by atoms with Gasteiger partial charge in [-0.15, -0.1) is 24.0 Å². The summed E-state index contributed by atoms with van der Waals surface area (Å²) in [6, 6.07) is 12.0. The first-order valence-corrected chi connectivity index (χ1v) is 8.07. The zero-order valence-corrected chi connectivity index (χ0v) is 16.8. The van der Waals surface area contributed by atoms with Crippen molar-refractivity contribution in [3.8, 4) is 5.75 Å². The molecule has 0 unspecified atom stereocenters. The molecule has 0 heterocycles. The number of ether oxygens (including phenoxy) is 1. The maximum Gasteiger partial charge on any atom is 0.193 e. The Morgan fingerprint density at radius 2 is 2.04 bits per heavy atom. The van der Waals surface area contributed by atoms with Gasteiger partial charge in [0, 0.05) is 10.4 Å². The molecular weight excluding hydrogens is 456 g/mol. The maximum atomic E-state index is 13.2. The lowest BCUT2D eigenvalue weighted by Gasteiger charge is -2.16. The molecule has 1 aliphatic rings. The summed E-state index contributed by atoms with van der Waals surface area (Å²) in [5, 5.41) is 3.49. The minimum atomic E-state index is -0.333. The molecule has 3 N–H and O–H groups in total. The molecule has 2 aromatic carbocycles. The van der Waals surface area contributed by atoms with Crippen LogP contribution in [0.1, 0.15) is 18.4 Å². The predicted molar refractivity (Wildman–Crippen MR) is 111 cm³/mol. The van der Waals surface area contributed by atoms with Gasteiger partial charge in [0.05, 0.1) is 19.3 Å². The number of halogens is 3. The van der Waals surface area contributed by atoms with Crippen LogP contribution in [-0.4, -0.2) is 19.6 Å². The van der Waals surface area contributed by atoms with E-state index in [4.69, 9.17) is 22.1 Å². The van der Waals surface area contributed by atoms with Gasteiger partial charge in [0.25, 0.3) is 0 Å². The Hall–Kier alpha value is -1.54. The van der Waals surface area contributed by atoms with Gasteiger partial charge >= 0.3 is 0 Å². The Morgan fingerprint density at radius 3 is 2.68 bits per heavy atom. The van der Waals surface area contributed by atoms with Crippen molar-refractivity contribution in [2.75, 3.05) is 19.0 Å². The SMILES string of the molecule is COc1ccccc1NC(N)=NCC1(c2ccc(F)cc2Cl)CC1.I. The molecule has 0 radical (unpaired) electrons. The highest BCUT2D eigenvalue weighted by atomic mass is 127. The molecule has 0 aliphatic heterocycles. The third-order valence-electron chi connectivity index (χ3n) is 4.28. The minimum absolute atomic E-state index is 0. The minimum Gasteiger partial charge on any atom is -0.495 e. The molecular formula is C18H20ClFIN3O. The fourth-order valence-corrected chi connectivity index (χ4v) is 3.11. The first-order valence-electron chi connectivity index (χ1n) is 7.69. The molecule has 0 atom stereocenters. The van der Waals surface area contributed by atoms with Gasteiger partial charge < -0.3 is 15.8 Å². The number of methoxy groups -OCH3 is 1. The number of nitrogens with one attached hydrogen (secondary N) is 1. The number of hydrogen-bond acceptors (Lipinski definition) is 2. The van der Waals surface area contributed by atoms with Gasteiger partial charge in [0.2, 0.25) is 0 Å². The summed E-state index contributed by atoms with van der Waals surface area (Å²) in [5.74, 6) is 0.669. The van der Waals surface area contributed by atoms with Crippen molar-refractivity contribution in [2.24, 2.45) is 10.7 Å². The third-order valence-corrected chi connectivity index (χ3v) is 4.59.